The number of ether oxygens (including phenoxy) is 1. The largest absolute Gasteiger partial charge is 0.444 e. The lowest BCUT2D eigenvalue weighted by molar-refractivity contribution is -0.120. The highest BCUT2D eigenvalue weighted by Crippen LogP contribution is 2.06. The quantitative estimate of drug-likeness (QED) is 0.493. The van der Waals surface area contributed by atoms with Crippen LogP contribution in [0.4, 0.5) is 4.79 Å². The third-order valence-electron chi connectivity index (χ3n) is 1.34. The fourth-order valence-corrected chi connectivity index (χ4v) is 0.818. The van der Waals surface area contributed by atoms with Crippen molar-refractivity contribution in [3.8, 4) is 0 Å². The molecule has 1 aliphatic heterocycles. The Hall–Kier alpha value is -1.26. The number of hydrogen-bond acceptors (Lipinski definition) is 3. The number of amides is 2. The second kappa shape index (κ2) is 2.17. The van der Waals surface area contributed by atoms with Gasteiger partial charge in [-0.2, -0.15) is 0 Å². The first-order valence-electron chi connectivity index (χ1n) is 2.87. The molecule has 1 saturated heterocycles. The summed E-state index contributed by atoms with van der Waals surface area (Å²) < 4.78 is 4.58. The Balaban J connectivity index is 2.63. The molecule has 3 N–H and O–H groups in total. The Morgan fingerprint density at radius 2 is 2.40 bits per heavy atom. The summed E-state index contributed by atoms with van der Waals surface area (Å²) in [6.45, 7) is 1.60. The van der Waals surface area contributed by atoms with Crippen LogP contribution >= 0.6 is 0 Å². The number of nitrogens with one attached hydrogen (secondary N) is 1. The molecule has 5 heteroatoms. The SMILES string of the molecule is C[C@H]1OC(=O)N[C@@H]1C(N)=O. The molecular weight excluding hydrogens is 136 g/mol. The highest BCUT2D eigenvalue weighted by Gasteiger charge is 2.34. The van der Waals surface area contributed by atoms with Gasteiger partial charge in [0.1, 0.15) is 12.1 Å². The van der Waals surface area contributed by atoms with E-state index in [2.05, 4.69) is 10.1 Å². The first-order chi connectivity index (χ1) is 4.61. The van der Waals surface area contributed by atoms with E-state index in [1.807, 2.05) is 0 Å². The monoisotopic (exact) mass is 144 g/mol. The molecule has 5 nitrogen and oxygen atoms in total. The summed E-state index contributed by atoms with van der Waals surface area (Å²) in [6.07, 6.45) is -1.04. The smallest absolute Gasteiger partial charge is 0.408 e. The van der Waals surface area contributed by atoms with Crippen LogP contribution in [0.15, 0.2) is 0 Å². The van der Waals surface area contributed by atoms with Crippen molar-refractivity contribution < 1.29 is 14.3 Å². The molecular formula is C5H8N2O3. The summed E-state index contributed by atoms with van der Waals surface area (Å²) in [7, 11) is 0. The predicted molar refractivity (Wildman–Crippen MR) is 32.1 cm³/mol. The molecule has 0 aromatic heterocycles. The number of cyclic esters (lactones) is 1. The third-order valence-corrected chi connectivity index (χ3v) is 1.34. The summed E-state index contributed by atoms with van der Waals surface area (Å²) in [5, 5.41) is 2.27. The maximum absolute atomic E-state index is 10.5. The van der Waals surface area contributed by atoms with Crippen molar-refractivity contribution in [2.24, 2.45) is 5.73 Å². The molecule has 0 aromatic carbocycles. The first-order valence-corrected chi connectivity index (χ1v) is 2.87. The molecule has 0 unspecified atom stereocenters. The van der Waals surface area contributed by atoms with Gasteiger partial charge in [0.15, 0.2) is 0 Å². The number of hydrogen-bond donors (Lipinski definition) is 2. The van der Waals surface area contributed by atoms with E-state index in [1.54, 1.807) is 6.92 Å². The molecule has 0 radical (unpaired) electrons. The van der Waals surface area contributed by atoms with Crippen molar-refractivity contribution in [2.75, 3.05) is 0 Å². The highest BCUT2D eigenvalue weighted by molar-refractivity contribution is 5.87. The molecule has 0 spiro atoms. The topological polar surface area (TPSA) is 81.4 Å². The van der Waals surface area contributed by atoms with E-state index in [4.69, 9.17) is 5.73 Å². The van der Waals surface area contributed by atoms with Crippen molar-refractivity contribution >= 4 is 12.0 Å². The summed E-state index contributed by atoms with van der Waals surface area (Å²) in [5.41, 5.74) is 4.92. The minimum absolute atomic E-state index is 0.454. The molecule has 0 bridgehead atoms. The Morgan fingerprint density at radius 1 is 1.80 bits per heavy atom. The van der Waals surface area contributed by atoms with Crippen LogP contribution < -0.4 is 11.1 Å². The van der Waals surface area contributed by atoms with E-state index in [9.17, 15) is 9.59 Å². The fraction of sp³-hybridized carbons (Fsp3) is 0.600. The van der Waals surface area contributed by atoms with Gasteiger partial charge >= 0.3 is 6.09 Å². The summed E-state index contributed by atoms with van der Waals surface area (Å²) in [4.78, 5) is 20.9. The summed E-state index contributed by atoms with van der Waals surface area (Å²) in [6, 6.07) is -0.674. The molecule has 2 atom stereocenters. The van der Waals surface area contributed by atoms with Crippen molar-refractivity contribution in [1.82, 2.24) is 5.32 Å². The molecule has 1 aliphatic rings. The molecule has 2 amide bonds. The first kappa shape index (κ1) is 6.85. The van der Waals surface area contributed by atoms with Gasteiger partial charge in [-0.3, -0.25) is 4.79 Å². The van der Waals surface area contributed by atoms with E-state index in [0.717, 1.165) is 0 Å². The van der Waals surface area contributed by atoms with Crippen LogP contribution in [0.3, 0.4) is 0 Å². The van der Waals surface area contributed by atoms with E-state index < -0.39 is 24.1 Å². The minimum Gasteiger partial charge on any atom is -0.444 e. The molecule has 0 aromatic rings. The summed E-state index contributed by atoms with van der Waals surface area (Å²) >= 11 is 0. The van der Waals surface area contributed by atoms with Gasteiger partial charge < -0.3 is 15.8 Å². The van der Waals surface area contributed by atoms with Gasteiger partial charge in [0.2, 0.25) is 5.91 Å². The number of carbonyl (C=O) groups is 2. The minimum atomic E-state index is -0.674. The molecule has 0 saturated carbocycles. The second-order valence-corrected chi connectivity index (χ2v) is 2.13. The van der Waals surface area contributed by atoms with Crippen molar-refractivity contribution in [3.63, 3.8) is 0 Å². The zero-order chi connectivity index (χ0) is 7.72. The molecule has 10 heavy (non-hydrogen) atoms. The van der Waals surface area contributed by atoms with E-state index in [1.165, 1.54) is 0 Å². The van der Waals surface area contributed by atoms with Gasteiger partial charge in [0.25, 0.3) is 0 Å². The number of carbonyl (C=O) groups excluding carboxylic acids is 2. The molecule has 1 fully saturated rings. The van der Waals surface area contributed by atoms with Crippen LogP contribution in [0.25, 0.3) is 0 Å². The lowest BCUT2D eigenvalue weighted by Crippen LogP contribution is -2.42. The standard InChI is InChI=1S/C5H8N2O3/c1-2-3(4(6)8)7-5(9)10-2/h2-3H,1H3,(H2,6,8)(H,7,9)/t2-,3+/m1/s1. The van der Waals surface area contributed by atoms with E-state index in [-0.39, 0.29) is 0 Å². The van der Waals surface area contributed by atoms with Crippen molar-refractivity contribution in [3.05, 3.63) is 0 Å². The lowest BCUT2D eigenvalue weighted by Gasteiger charge is -2.05. The van der Waals surface area contributed by atoms with Gasteiger partial charge in [0, 0.05) is 0 Å². The number of primary amides is 1. The van der Waals surface area contributed by atoms with Crippen LogP contribution in [-0.4, -0.2) is 24.1 Å². The molecule has 1 heterocycles. The zero-order valence-electron chi connectivity index (χ0n) is 5.46. The zero-order valence-corrected chi connectivity index (χ0v) is 5.46. The Morgan fingerprint density at radius 3 is 2.60 bits per heavy atom. The number of alkyl carbamates (subject to hydrolysis) is 1. The molecule has 1 rings (SSSR count). The van der Waals surface area contributed by atoms with Crippen LogP contribution in [0.5, 0.6) is 0 Å². The maximum Gasteiger partial charge on any atom is 0.408 e. The predicted octanol–water partition coefficient (Wildman–Crippen LogP) is -1.03. The average Bonchev–Trinajstić information content (AvgIpc) is 2.10. The van der Waals surface area contributed by atoms with Crippen LogP contribution in [0.1, 0.15) is 6.92 Å². The van der Waals surface area contributed by atoms with Crippen molar-refractivity contribution in [2.45, 2.75) is 19.1 Å². The number of nitrogens with two attached hydrogens (primary N) is 1. The molecule has 0 aliphatic carbocycles. The van der Waals surface area contributed by atoms with Gasteiger partial charge in [0.05, 0.1) is 0 Å². The summed E-state index contributed by atoms with van der Waals surface area (Å²) in [5.74, 6) is -0.571. The van der Waals surface area contributed by atoms with Gasteiger partial charge in [-0.15, -0.1) is 0 Å². The fourth-order valence-electron chi connectivity index (χ4n) is 0.818. The average molecular weight is 144 g/mol. The van der Waals surface area contributed by atoms with E-state index >= 15 is 0 Å². The Bertz CT molecular complexity index is 180. The lowest BCUT2D eigenvalue weighted by atomic mass is 10.2. The van der Waals surface area contributed by atoms with Crippen LogP contribution in [0.2, 0.25) is 0 Å². The normalized spacial score (nSPS) is 31.1. The maximum atomic E-state index is 10.5. The van der Waals surface area contributed by atoms with E-state index in [0.29, 0.717) is 0 Å². The highest BCUT2D eigenvalue weighted by atomic mass is 16.6. The second-order valence-electron chi connectivity index (χ2n) is 2.13. The Labute approximate surface area is 57.5 Å². The van der Waals surface area contributed by atoms with Gasteiger partial charge in [-0.05, 0) is 6.92 Å². The van der Waals surface area contributed by atoms with Crippen molar-refractivity contribution in [1.29, 1.82) is 0 Å². The number of rotatable bonds is 1. The van der Waals surface area contributed by atoms with Crippen LogP contribution in [0, 0.1) is 0 Å². The van der Waals surface area contributed by atoms with Crippen LogP contribution in [-0.2, 0) is 9.53 Å². The Kier molecular flexibility index (Phi) is 1.48. The molecule has 56 valence electrons. The third kappa shape index (κ3) is 1.02. The van der Waals surface area contributed by atoms with Gasteiger partial charge in [-0.25, -0.2) is 4.79 Å². The van der Waals surface area contributed by atoms with Gasteiger partial charge in [-0.1, -0.05) is 0 Å².